The molecule has 0 radical (unpaired) electrons. The zero-order valence-electron chi connectivity index (χ0n) is 15.3. The molecule has 1 amide bonds. The number of hydrogen-bond acceptors (Lipinski definition) is 7. The largest absolute Gasteiger partial charge is 0.497 e. The predicted molar refractivity (Wildman–Crippen MR) is 104 cm³/mol. The summed E-state index contributed by atoms with van der Waals surface area (Å²) >= 11 is 0. The monoisotopic (exact) mass is 375 g/mol. The Bertz CT molecular complexity index is 1030. The van der Waals surface area contributed by atoms with Crippen molar-refractivity contribution in [3.63, 3.8) is 0 Å². The van der Waals surface area contributed by atoms with Crippen LogP contribution < -0.4 is 20.1 Å². The number of para-hydroxylation sites is 1. The quantitative estimate of drug-likeness (QED) is 0.680. The summed E-state index contributed by atoms with van der Waals surface area (Å²) in [5.74, 6) is 1.13. The van der Waals surface area contributed by atoms with Crippen molar-refractivity contribution in [3.05, 3.63) is 66.0 Å². The number of hydrogen-bond donors (Lipinski definition) is 2. The highest BCUT2D eigenvalue weighted by Crippen LogP contribution is 2.30. The summed E-state index contributed by atoms with van der Waals surface area (Å²) in [4.78, 5) is 20.7. The lowest BCUT2D eigenvalue weighted by molar-refractivity contribution is 0.102. The Kier molecular flexibility index (Phi) is 5.67. The molecule has 0 bridgehead atoms. The number of nitrogens with one attached hydrogen (secondary N) is 2. The fourth-order valence-electron chi connectivity index (χ4n) is 2.43. The van der Waals surface area contributed by atoms with Gasteiger partial charge < -0.3 is 20.1 Å². The van der Waals surface area contributed by atoms with Crippen LogP contribution in [0.15, 0.2) is 54.9 Å². The van der Waals surface area contributed by atoms with E-state index in [2.05, 4.69) is 20.6 Å². The van der Waals surface area contributed by atoms with Crippen LogP contribution in [0.3, 0.4) is 0 Å². The first-order valence-corrected chi connectivity index (χ1v) is 8.26. The number of methoxy groups -OCH3 is 2. The van der Waals surface area contributed by atoms with Crippen LogP contribution in [-0.2, 0) is 0 Å². The SMILES string of the molecule is COc1ccc(OC)c(Nc2ncc(C(=O)Nc3ccccc3C#N)cn2)c1. The number of carbonyl (C=O) groups is 1. The second-order valence-corrected chi connectivity index (χ2v) is 5.60. The maximum Gasteiger partial charge on any atom is 0.258 e. The number of nitriles is 1. The molecule has 2 N–H and O–H groups in total. The second kappa shape index (κ2) is 8.51. The molecule has 1 aromatic heterocycles. The Balaban J connectivity index is 1.75. The smallest absolute Gasteiger partial charge is 0.258 e. The Morgan fingerprint density at radius 3 is 2.46 bits per heavy atom. The van der Waals surface area contributed by atoms with Crippen LogP contribution in [0.25, 0.3) is 0 Å². The van der Waals surface area contributed by atoms with E-state index in [-0.39, 0.29) is 5.56 Å². The number of anilines is 3. The molecule has 0 saturated carbocycles. The first-order valence-electron chi connectivity index (χ1n) is 8.26. The van der Waals surface area contributed by atoms with Gasteiger partial charge in [-0.25, -0.2) is 9.97 Å². The molecule has 140 valence electrons. The van der Waals surface area contributed by atoms with Gasteiger partial charge in [0.15, 0.2) is 0 Å². The van der Waals surface area contributed by atoms with E-state index in [4.69, 9.17) is 14.7 Å². The molecule has 1 heterocycles. The summed E-state index contributed by atoms with van der Waals surface area (Å²) in [5, 5.41) is 14.8. The summed E-state index contributed by atoms with van der Waals surface area (Å²) in [6, 6.07) is 14.1. The first kappa shape index (κ1) is 18.7. The van der Waals surface area contributed by atoms with E-state index in [0.29, 0.717) is 34.4 Å². The molecule has 0 aliphatic rings. The molecule has 0 unspecified atom stereocenters. The second-order valence-electron chi connectivity index (χ2n) is 5.60. The molecule has 3 aromatic rings. The third-order valence-electron chi connectivity index (χ3n) is 3.86. The average Bonchev–Trinajstić information content (AvgIpc) is 2.74. The van der Waals surface area contributed by atoms with Gasteiger partial charge >= 0.3 is 0 Å². The maximum atomic E-state index is 12.4. The van der Waals surface area contributed by atoms with E-state index in [1.165, 1.54) is 12.4 Å². The van der Waals surface area contributed by atoms with Gasteiger partial charge in [0.2, 0.25) is 5.95 Å². The number of carbonyl (C=O) groups excluding carboxylic acids is 1. The van der Waals surface area contributed by atoms with Gasteiger partial charge in [-0.2, -0.15) is 5.26 Å². The lowest BCUT2D eigenvalue weighted by Gasteiger charge is -2.12. The molecule has 0 saturated heterocycles. The molecule has 0 atom stereocenters. The van der Waals surface area contributed by atoms with Crippen LogP contribution in [0.2, 0.25) is 0 Å². The third kappa shape index (κ3) is 4.16. The van der Waals surface area contributed by atoms with Crippen molar-refractivity contribution < 1.29 is 14.3 Å². The number of rotatable bonds is 6. The standard InChI is InChI=1S/C20H17N5O3/c1-27-15-7-8-18(28-2)17(9-15)25-20-22-11-14(12-23-20)19(26)24-16-6-4-3-5-13(16)10-21/h3-9,11-12H,1-2H3,(H,24,26)(H,22,23,25). The molecular weight excluding hydrogens is 358 g/mol. The molecule has 2 aromatic carbocycles. The van der Waals surface area contributed by atoms with Crippen molar-refractivity contribution in [2.45, 2.75) is 0 Å². The van der Waals surface area contributed by atoms with Gasteiger partial charge in [0.05, 0.1) is 36.7 Å². The first-order chi connectivity index (χ1) is 13.6. The fourth-order valence-corrected chi connectivity index (χ4v) is 2.43. The zero-order chi connectivity index (χ0) is 19.9. The van der Waals surface area contributed by atoms with Gasteiger partial charge in [-0.1, -0.05) is 12.1 Å². The summed E-state index contributed by atoms with van der Waals surface area (Å²) in [5.41, 5.74) is 1.69. The van der Waals surface area contributed by atoms with E-state index < -0.39 is 5.91 Å². The van der Waals surface area contributed by atoms with Crippen molar-refractivity contribution >= 4 is 23.2 Å². The van der Waals surface area contributed by atoms with Crippen molar-refractivity contribution in [2.75, 3.05) is 24.9 Å². The number of amides is 1. The van der Waals surface area contributed by atoms with Crippen molar-refractivity contribution in [1.82, 2.24) is 9.97 Å². The molecule has 8 nitrogen and oxygen atoms in total. The van der Waals surface area contributed by atoms with Crippen molar-refractivity contribution in [3.8, 4) is 17.6 Å². The summed E-state index contributed by atoms with van der Waals surface area (Å²) < 4.78 is 10.5. The topological polar surface area (TPSA) is 109 Å². The van der Waals surface area contributed by atoms with Crippen LogP contribution in [0.5, 0.6) is 11.5 Å². The van der Waals surface area contributed by atoms with Gasteiger partial charge in [0.1, 0.15) is 17.6 Å². The maximum absolute atomic E-state index is 12.4. The number of nitrogens with zero attached hydrogens (tertiary/aromatic N) is 3. The minimum Gasteiger partial charge on any atom is -0.497 e. The average molecular weight is 375 g/mol. The van der Waals surface area contributed by atoms with Crippen LogP contribution in [0, 0.1) is 11.3 Å². The summed E-state index contributed by atoms with van der Waals surface area (Å²) in [7, 11) is 3.13. The Morgan fingerprint density at radius 2 is 1.79 bits per heavy atom. The predicted octanol–water partition coefficient (Wildman–Crippen LogP) is 3.36. The molecule has 3 rings (SSSR count). The van der Waals surface area contributed by atoms with Crippen molar-refractivity contribution in [1.29, 1.82) is 5.26 Å². The van der Waals surface area contributed by atoms with E-state index in [0.717, 1.165) is 0 Å². The Morgan fingerprint density at radius 1 is 1.04 bits per heavy atom. The van der Waals surface area contributed by atoms with Gasteiger partial charge in [0, 0.05) is 18.5 Å². The van der Waals surface area contributed by atoms with Crippen molar-refractivity contribution in [2.24, 2.45) is 0 Å². The fraction of sp³-hybridized carbons (Fsp3) is 0.100. The van der Waals surface area contributed by atoms with Crippen LogP contribution in [0.4, 0.5) is 17.3 Å². The van der Waals surface area contributed by atoms with Gasteiger partial charge in [0.25, 0.3) is 5.91 Å². The van der Waals surface area contributed by atoms with Gasteiger partial charge in [-0.3, -0.25) is 4.79 Å². The minimum atomic E-state index is -0.409. The molecule has 0 aliphatic heterocycles. The molecule has 0 aliphatic carbocycles. The molecule has 28 heavy (non-hydrogen) atoms. The summed E-state index contributed by atoms with van der Waals surface area (Å²) in [6.45, 7) is 0. The van der Waals surface area contributed by atoms with E-state index >= 15 is 0 Å². The molecule has 0 spiro atoms. The highest BCUT2D eigenvalue weighted by atomic mass is 16.5. The van der Waals surface area contributed by atoms with Crippen LogP contribution in [0.1, 0.15) is 15.9 Å². The minimum absolute atomic E-state index is 0.260. The molecule has 8 heteroatoms. The Hall–Kier alpha value is -4.12. The molecular formula is C20H17N5O3. The highest BCUT2D eigenvalue weighted by Gasteiger charge is 2.11. The van der Waals surface area contributed by atoms with Gasteiger partial charge in [-0.15, -0.1) is 0 Å². The highest BCUT2D eigenvalue weighted by molar-refractivity contribution is 6.04. The normalized spacial score (nSPS) is 9.89. The van der Waals surface area contributed by atoms with E-state index in [1.54, 1.807) is 56.7 Å². The van der Waals surface area contributed by atoms with E-state index in [1.807, 2.05) is 6.07 Å². The number of ether oxygens (including phenoxy) is 2. The lowest BCUT2D eigenvalue weighted by atomic mass is 10.2. The molecule has 0 fully saturated rings. The van der Waals surface area contributed by atoms with E-state index in [9.17, 15) is 4.79 Å². The number of benzene rings is 2. The lowest BCUT2D eigenvalue weighted by Crippen LogP contribution is -2.14. The number of aromatic nitrogens is 2. The van der Waals surface area contributed by atoms with Gasteiger partial charge in [-0.05, 0) is 24.3 Å². The zero-order valence-corrected chi connectivity index (χ0v) is 15.3. The summed E-state index contributed by atoms with van der Waals surface area (Å²) in [6.07, 6.45) is 2.79. The third-order valence-corrected chi connectivity index (χ3v) is 3.86. The Labute approximate surface area is 161 Å². The van der Waals surface area contributed by atoms with Crippen LogP contribution in [-0.4, -0.2) is 30.1 Å². The van der Waals surface area contributed by atoms with Crippen LogP contribution >= 0.6 is 0 Å².